The van der Waals surface area contributed by atoms with E-state index in [2.05, 4.69) is 26.9 Å². The maximum absolute atomic E-state index is 11.3. The molecular weight excluding hydrogens is 376 g/mol. The van der Waals surface area contributed by atoms with Gasteiger partial charge in [-0.15, -0.1) is 17.9 Å². The summed E-state index contributed by atoms with van der Waals surface area (Å²) in [6.07, 6.45) is 8.03. The molecule has 0 aliphatic carbocycles. The van der Waals surface area contributed by atoms with Crippen molar-refractivity contribution in [1.29, 1.82) is 0 Å². The van der Waals surface area contributed by atoms with Crippen LogP contribution in [0, 0.1) is 0 Å². The molecule has 0 bridgehead atoms. The summed E-state index contributed by atoms with van der Waals surface area (Å²) in [7, 11) is 2.00. The Balaban J connectivity index is 0.00000136. The third-order valence-electron chi connectivity index (χ3n) is 3.88. The zero-order valence-corrected chi connectivity index (χ0v) is 17.4. The minimum Gasteiger partial charge on any atom is -0.356 e. The number of amides is 1. The molecule has 1 atom stereocenters. The van der Waals surface area contributed by atoms with Crippen LogP contribution in [0.15, 0.2) is 42.6 Å². The Labute approximate surface area is 170 Å². The summed E-state index contributed by atoms with van der Waals surface area (Å²) < 4.78 is 1.85. The van der Waals surface area contributed by atoms with Crippen molar-refractivity contribution in [1.82, 2.24) is 24.7 Å². The quantitative estimate of drug-likeness (QED) is 0.393. The summed E-state index contributed by atoms with van der Waals surface area (Å²) in [6.45, 7) is 9.94. The molecule has 1 aliphatic heterocycles. The van der Waals surface area contributed by atoms with Crippen molar-refractivity contribution in [3.05, 3.63) is 48.3 Å². The van der Waals surface area contributed by atoms with Crippen molar-refractivity contribution in [3.63, 3.8) is 0 Å². The standard InChI is InChI=1S/C17H22N6O2S.C2H6/c1-3-7-25-23(13-24)16-9-15(11-21(2)12-16)22-6-4-14(20-22)10-19-17-18-5-8-26-17;1-2/h3-6,8-9,13,16H,1,7,10-12H2,2H3,(H,18,19);1-2H3. The van der Waals surface area contributed by atoms with Crippen LogP contribution in [0.3, 0.4) is 0 Å². The molecule has 0 saturated heterocycles. The zero-order valence-electron chi connectivity index (χ0n) is 16.6. The Morgan fingerprint density at radius 2 is 2.32 bits per heavy atom. The number of hydroxylamine groups is 2. The lowest BCUT2D eigenvalue weighted by Crippen LogP contribution is -2.45. The van der Waals surface area contributed by atoms with Gasteiger partial charge in [0.2, 0.25) is 6.41 Å². The number of carbonyl (C=O) groups excluding carboxylic acids is 1. The second-order valence-corrected chi connectivity index (χ2v) is 6.81. The van der Waals surface area contributed by atoms with Crippen LogP contribution in [-0.2, 0) is 16.2 Å². The van der Waals surface area contributed by atoms with Gasteiger partial charge in [0.1, 0.15) is 0 Å². The summed E-state index contributed by atoms with van der Waals surface area (Å²) >= 11 is 1.56. The fraction of sp³-hybridized carbons (Fsp3) is 0.421. The van der Waals surface area contributed by atoms with Gasteiger partial charge in [-0.25, -0.2) is 14.7 Å². The fourth-order valence-corrected chi connectivity index (χ4v) is 3.25. The summed E-state index contributed by atoms with van der Waals surface area (Å²) in [5, 5.41) is 12.0. The number of thiazole rings is 1. The van der Waals surface area contributed by atoms with E-state index < -0.39 is 0 Å². The topological polar surface area (TPSA) is 75.5 Å². The van der Waals surface area contributed by atoms with Gasteiger partial charge in [-0.1, -0.05) is 19.9 Å². The molecule has 1 aliphatic rings. The average Bonchev–Trinajstić information content (AvgIpc) is 3.40. The van der Waals surface area contributed by atoms with Crippen molar-refractivity contribution >= 4 is 28.6 Å². The number of anilines is 1. The highest BCUT2D eigenvalue weighted by molar-refractivity contribution is 7.13. The Morgan fingerprint density at radius 3 is 3.00 bits per heavy atom. The van der Waals surface area contributed by atoms with E-state index in [0.717, 1.165) is 23.1 Å². The molecule has 0 saturated carbocycles. The van der Waals surface area contributed by atoms with Gasteiger partial charge < -0.3 is 5.32 Å². The van der Waals surface area contributed by atoms with Crippen LogP contribution in [0.4, 0.5) is 5.13 Å². The van der Waals surface area contributed by atoms with Crippen LogP contribution in [0.5, 0.6) is 0 Å². The molecule has 3 heterocycles. The van der Waals surface area contributed by atoms with Crippen LogP contribution >= 0.6 is 11.3 Å². The monoisotopic (exact) mass is 404 g/mol. The second kappa shape index (κ2) is 11.4. The minimum absolute atomic E-state index is 0.178. The fourth-order valence-electron chi connectivity index (χ4n) is 2.73. The lowest BCUT2D eigenvalue weighted by Gasteiger charge is -2.33. The minimum atomic E-state index is -0.178. The van der Waals surface area contributed by atoms with Crippen molar-refractivity contribution < 1.29 is 9.63 Å². The highest BCUT2D eigenvalue weighted by atomic mass is 32.1. The predicted octanol–water partition coefficient (Wildman–Crippen LogP) is 2.71. The number of nitrogens with one attached hydrogen (secondary N) is 1. The Morgan fingerprint density at radius 1 is 1.50 bits per heavy atom. The van der Waals surface area contributed by atoms with Crippen LogP contribution in [0.1, 0.15) is 19.5 Å². The van der Waals surface area contributed by atoms with Gasteiger partial charge in [0.25, 0.3) is 0 Å². The van der Waals surface area contributed by atoms with Crippen molar-refractivity contribution in [2.24, 2.45) is 0 Å². The summed E-state index contributed by atoms with van der Waals surface area (Å²) in [5.74, 6) is 0. The van der Waals surface area contributed by atoms with Gasteiger partial charge >= 0.3 is 0 Å². The Hall–Kier alpha value is -2.49. The molecule has 8 nitrogen and oxygen atoms in total. The molecule has 0 spiro atoms. The largest absolute Gasteiger partial charge is 0.356 e. The first-order valence-electron chi connectivity index (χ1n) is 9.24. The molecule has 1 amide bonds. The smallest absolute Gasteiger partial charge is 0.233 e. The average molecular weight is 405 g/mol. The summed E-state index contributed by atoms with van der Waals surface area (Å²) in [6, 6.07) is 1.79. The highest BCUT2D eigenvalue weighted by Crippen LogP contribution is 2.18. The van der Waals surface area contributed by atoms with E-state index in [1.807, 2.05) is 49.3 Å². The van der Waals surface area contributed by atoms with Crippen molar-refractivity contribution in [2.45, 2.75) is 26.4 Å². The molecule has 0 fully saturated rings. The zero-order chi connectivity index (χ0) is 20.4. The van der Waals surface area contributed by atoms with Gasteiger partial charge in [-0.05, 0) is 19.2 Å². The highest BCUT2D eigenvalue weighted by Gasteiger charge is 2.24. The first-order chi connectivity index (χ1) is 13.7. The van der Waals surface area contributed by atoms with E-state index in [4.69, 9.17) is 4.84 Å². The number of hydrogen-bond donors (Lipinski definition) is 1. The van der Waals surface area contributed by atoms with Gasteiger partial charge in [0, 0.05) is 30.9 Å². The van der Waals surface area contributed by atoms with E-state index in [9.17, 15) is 4.79 Å². The first kappa shape index (κ1) is 21.8. The van der Waals surface area contributed by atoms with Gasteiger partial charge in [0.05, 0.1) is 30.6 Å². The lowest BCUT2D eigenvalue weighted by molar-refractivity contribution is -0.177. The van der Waals surface area contributed by atoms with Crippen LogP contribution < -0.4 is 5.32 Å². The third kappa shape index (κ3) is 6.01. The molecular formula is C19H28N6O2S. The lowest BCUT2D eigenvalue weighted by atomic mass is 10.1. The van der Waals surface area contributed by atoms with Crippen molar-refractivity contribution in [3.8, 4) is 0 Å². The number of nitrogens with zero attached hydrogens (tertiary/aromatic N) is 5. The van der Waals surface area contributed by atoms with Gasteiger partial charge in [0.15, 0.2) is 5.13 Å². The predicted molar refractivity (Wildman–Crippen MR) is 113 cm³/mol. The molecule has 2 aromatic heterocycles. The summed E-state index contributed by atoms with van der Waals surface area (Å²) in [5.41, 5.74) is 1.92. The van der Waals surface area contributed by atoms with E-state index in [1.165, 1.54) is 5.06 Å². The molecule has 3 rings (SSSR count). The first-order valence-corrected chi connectivity index (χ1v) is 10.1. The Bertz CT molecular complexity index is 758. The third-order valence-corrected chi connectivity index (χ3v) is 4.61. The van der Waals surface area contributed by atoms with Crippen LogP contribution in [-0.4, -0.2) is 63.9 Å². The molecule has 1 unspecified atom stereocenters. The van der Waals surface area contributed by atoms with Crippen LogP contribution in [0.25, 0.3) is 5.70 Å². The number of aromatic nitrogens is 3. The maximum Gasteiger partial charge on any atom is 0.233 e. The molecule has 9 heteroatoms. The second-order valence-electron chi connectivity index (χ2n) is 5.91. The normalized spacial score (nSPS) is 16.5. The molecule has 1 N–H and O–H groups in total. The molecule has 2 aromatic rings. The number of hydrogen-bond acceptors (Lipinski definition) is 7. The van der Waals surface area contributed by atoms with E-state index in [0.29, 0.717) is 19.5 Å². The number of rotatable bonds is 9. The SMILES string of the molecule is C=CCON(C=O)C1C=C(n2ccc(CNc3nccs3)n2)CN(C)C1.CC. The van der Waals surface area contributed by atoms with Gasteiger partial charge in [-0.3, -0.25) is 14.5 Å². The maximum atomic E-state index is 11.3. The van der Waals surface area contributed by atoms with E-state index in [-0.39, 0.29) is 12.6 Å². The van der Waals surface area contributed by atoms with Gasteiger partial charge in [-0.2, -0.15) is 5.10 Å². The number of likely N-dealkylation sites (N-methyl/N-ethyl adjacent to an activating group) is 1. The van der Waals surface area contributed by atoms with E-state index >= 15 is 0 Å². The number of carbonyl (C=O) groups is 1. The molecule has 0 radical (unpaired) electrons. The molecule has 152 valence electrons. The Kier molecular flexibility index (Phi) is 8.86. The molecule has 0 aromatic carbocycles. The summed E-state index contributed by atoms with van der Waals surface area (Å²) in [4.78, 5) is 23.1. The van der Waals surface area contributed by atoms with Crippen LogP contribution in [0.2, 0.25) is 0 Å². The van der Waals surface area contributed by atoms with E-state index in [1.54, 1.807) is 23.6 Å². The van der Waals surface area contributed by atoms with Crippen molar-refractivity contribution in [2.75, 3.05) is 32.1 Å². The molecule has 28 heavy (non-hydrogen) atoms.